The van der Waals surface area contributed by atoms with E-state index >= 15 is 0 Å². The van der Waals surface area contributed by atoms with Crippen LogP contribution in [0.2, 0.25) is 5.02 Å². The summed E-state index contributed by atoms with van der Waals surface area (Å²) in [6, 6.07) is 9.79. The maximum atomic E-state index is 13.4. The first-order valence-electron chi connectivity index (χ1n) is 12.2. The Morgan fingerprint density at radius 2 is 1.61 bits per heavy atom. The lowest BCUT2D eigenvalue weighted by molar-refractivity contribution is -0.137. The molecule has 0 bridgehead atoms. The minimum Gasteiger partial charge on any atom is -0.368 e. The van der Waals surface area contributed by atoms with Gasteiger partial charge in [0.2, 0.25) is 5.91 Å². The van der Waals surface area contributed by atoms with Gasteiger partial charge in [-0.1, -0.05) is 32.4 Å². The average Bonchev–Trinajstić information content (AvgIpc) is 2.82. The molecule has 0 saturated carbocycles. The van der Waals surface area contributed by atoms with Crippen molar-refractivity contribution in [1.82, 2.24) is 4.90 Å². The summed E-state index contributed by atoms with van der Waals surface area (Å²) in [5.41, 5.74) is 7.28. The predicted molar refractivity (Wildman–Crippen MR) is 136 cm³/mol. The van der Waals surface area contributed by atoms with Crippen molar-refractivity contribution < 1.29 is 22.8 Å². The number of benzene rings is 2. The van der Waals surface area contributed by atoms with Crippen LogP contribution in [0.4, 0.5) is 18.9 Å². The third-order valence-electron chi connectivity index (χ3n) is 6.51. The maximum Gasteiger partial charge on any atom is 0.416 e. The van der Waals surface area contributed by atoms with Crippen LogP contribution in [-0.4, -0.2) is 42.8 Å². The average molecular weight is 524 g/mol. The van der Waals surface area contributed by atoms with Gasteiger partial charge in [0.05, 0.1) is 5.56 Å². The minimum atomic E-state index is -4.45. The summed E-state index contributed by atoms with van der Waals surface area (Å²) in [5, 5.41) is 0.537. The Morgan fingerprint density at radius 3 is 2.17 bits per heavy atom. The van der Waals surface area contributed by atoms with Crippen LogP contribution < -0.4 is 10.6 Å². The Hall–Kier alpha value is -2.58. The molecular weight excluding hydrogens is 491 g/mol. The monoisotopic (exact) mass is 523 g/mol. The number of ketones is 1. The van der Waals surface area contributed by atoms with Crippen molar-refractivity contribution in [2.24, 2.45) is 17.6 Å². The lowest BCUT2D eigenvalue weighted by atomic mass is 9.94. The number of carbonyl (C=O) groups excluding carboxylic acids is 2. The molecule has 196 valence electrons. The molecule has 1 fully saturated rings. The molecule has 1 saturated heterocycles. The lowest BCUT2D eigenvalue weighted by Gasteiger charge is -2.38. The van der Waals surface area contributed by atoms with Crippen LogP contribution in [0.3, 0.4) is 0 Å². The highest BCUT2D eigenvalue weighted by Gasteiger charge is 2.33. The van der Waals surface area contributed by atoms with E-state index in [2.05, 4.69) is 0 Å². The largest absolute Gasteiger partial charge is 0.416 e. The molecule has 1 unspecified atom stereocenters. The van der Waals surface area contributed by atoms with Crippen molar-refractivity contribution in [3.05, 3.63) is 64.2 Å². The van der Waals surface area contributed by atoms with Gasteiger partial charge in [-0.2, -0.15) is 13.2 Å². The summed E-state index contributed by atoms with van der Waals surface area (Å²) in [6.07, 6.45) is -3.80. The first-order chi connectivity index (χ1) is 16.9. The van der Waals surface area contributed by atoms with E-state index in [-0.39, 0.29) is 24.0 Å². The molecule has 2 atom stereocenters. The molecule has 1 aliphatic heterocycles. The van der Waals surface area contributed by atoms with Crippen LogP contribution in [0.1, 0.15) is 61.1 Å². The fourth-order valence-electron chi connectivity index (χ4n) is 4.53. The van der Waals surface area contributed by atoms with Gasteiger partial charge in [-0.05, 0) is 60.4 Å². The molecule has 3 rings (SSSR count). The van der Waals surface area contributed by atoms with E-state index in [0.29, 0.717) is 54.4 Å². The molecule has 1 heterocycles. The van der Waals surface area contributed by atoms with E-state index in [1.54, 1.807) is 36.1 Å². The van der Waals surface area contributed by atoms with Gasteiger partial charge in [-0.15, -0.1) is 0 Å². The molecule has 2 aromatic rings. The summed E-state index contributed by atoms with van der Waals surface area (Å²) in [5.74, 6) is -0.484. The summed E-state index contributed by atoms with van der Waals surface area (Å²) in [6.45, 7) is 7.47. The van der Waals surface area contributed by atoms with E-state index in [1.165, 1.54) is 6.07 Å². The second kappa shape index (κ2) is 11.6. The van der Waals surface area contributed by atoms with Gasteiger partial charge in [0, 0.05) is 60.8 Å². The highest BCUT2D eigenvalue weighted by atomic mass is 35.5. The number of nitrogens with zero attached hydrogens (tertiary/aromatic N) is 2. The zero-order valence-corrected chi connectivity index (χ0v) is 21.6. The van der Waals surface area contributed by atoms with E-state index in [9.17, 15) is 22.8 Å². The molecule has 2 N–H and O–H groups in total. The second-order valence-corrected chi connectivity index (χ2v) is 10.3. The molecule has 36 heavy (non-hydrogen) atoms. The number of hydrogen-bond acceptors (Lipinski definition) is 4. The summed E-state index contributed by atoms with van der Waals surface area (Å²) in [4.78, 5) is 29.3. The lowest BCUT2D eigenvalue weighted by Crippen LogP contribution is -2.49. The normalized spacial score (nSPS) is 16.2. The fraction of sp³-hybridized carbons (Fsp3) is 0.481. The molecule has 5 nitrogen and oxygen atoms in total. The highest BCUT2D eigenvalue weighted by Crippen LogP contribution is 2.36. The van der Waals surface area contributed by atoms with Gasteiger partial charge in [-0.3, -0.25) is 9.59 Å². The smallest absolute Gasteiger partial charge is 0.368 e. The molecule has 9 heteroatoms. The van der Waals surface area contributed by atoms with Crippen LogP contribution in [-0.2, 0) is 11.0 Å². The summed E-state index contributed by atoms with van der Waals surface area (Å²) in [7, 11) is 0. The van der Waals surface area contributed by atoms with Crippen molar-refractivity contribution in [2.75, 3.05) is 31.1 Å². The molecule has 1 aliphatic rings. The van der Waals surface area contributed by atoms with Crippen LogP contribution in [0.25, 0.3) is 0 Å². The van der Waals surface area contributed by atoms with Gasteiger partial charge in [0.1, 0.15) is 0 Å². The SMILES string of the molecule is CC(C)C[C@H](N)c1cc(C(F)(F)F)ccc1N1CCN(C(=O)CC(C)C(=O)c2ccc(Cl)cc2)CC1. The van der Waals surface area contributed by atoms with Crippen molar-refractivity contribution >= 4 is 29.0 Å². The molecule has 2 aromatic carbocycles. The Bertz CT molecular complexity index is 1060. The number of halogens is 4. The predicted octanol–water partition coefficient (Wildman–Crippen LogP) is 5.96. The van der Waals surface area contributed by atoms with E-state index < -0.39 is 23.7 Å². The van der Waals surface area contributed by atoms with Crippen LogP contribution in [0.5, 0.6) is 0 Å². The first kappa shape index (κ1) is 28.0. The van der Waals surface area contributed by atoms with Crippen LogP contribution in [0.15, 0.2) is 42.5 Å². The molecule has 0 aromatic heterocycles. The van der Waals surface area contributed by atoms with Gasteiger partial charge in [-0.25, -0.2) is 0 Å². The number of amides is 1. The minimum absolute atomic E-state index is 0.0895. The van der Waals surface area contributed by atoms with E-state index in [4.69, 9.17) is 17.3 Å². The number of rotatable bonds is 8. The Balaban J connectivity index is 1.66. The topological polar surface area (TPSA) is 66.6 Å². The maximum absolute atomic E-state index is 13.4. The third kappa shape index (κ3) is 7.01. The number of piperazine rings is 1. The van der Waals surface area contributed by atoms with Crippen molar-refractivity contribution in [2.45, 2.75) is 45.8 Å². The third-order valence-corrected chi connectivity index (χ3v) is 6.76. The summed E-state index contributed by atoms with van der Waals surface area (Å²) < 4.78 is 40.1. The summed E-state index contributed by atoms with van der Waals surface area (Å²) >= 11 is 5.88. The molecule has 0 aliphatic carbocycles. The second-order valence-electron chi connectivity index (χ2n) is 9.85. The standard InChI is InChI=1S/C27H33ClF3N3O2/c1-17(2)14-23(32)22-16-20(27(29,30)31)6-9-24(22)33-10-12-34(13-11-33)25(35)15-18(3)26(36)19-4-7-21(28)8-5-19/h4-9,16-18,23H,10-15,32H2,1-3H3/t18?,23-/m0/s1. The molecular formula is C27H33ClF3N3O2. The zero-order valence-electron chi connectivity index (χ0n) is 20.8. The number of Topliss-reactive ketones (excluding diaryl/α,β-unsaturated/α-hetero) is 1. The number of nitrogens with two attached hydrogens (primary N) is 1. The van der Waals surface area contributed by atoms with Crippen LogP contribution >= 0.6 is 11.6 Å². The van der Waals surface area contributed by atoms with E-state index in [0.717, 1.165) is 12.1 Å². The van der Waals surface area contributed by atoms with Gasteiger partial charge >= 0.3 is 6.18 Å². The van der Waals surface area contributed by atoms with Gasteiger partial charge < -0.3 is 15.5 Å². The van der Waals surface area contributed by atoms with Gasteiger partial charge in [0.15, 0.2) is 5.78 Å². The molecule has 1 amide bonds. The molecule has 0 spiro atoms. The van der Waals surface area contributed by atoms with Crippen molar-refractivity contribution in [1.29, 1.82) is 0 Å². The van der Waals surface area contributed by atoms with Crippen LogP contribution in [0, 0.1) is 11.8 Å². The number of alkyl halides is 3. The first-order valence-corrected chi connectivity index (χ1v) is 12.5. The number of hydrogen-bond donors (Lipinski definition) is 1. The van der Waals surface area contributed by atoms with Crippen molar-refractivity contribution in [3.63, 3.8) is 0 Å². The van der Waals surface area contributed by atoms with Gasteiger partial charge in [0.25, 0.3) is 0 Å². The molecule has 0 radical (unpaired) electrons. The Morgan fingerprint density at radius 1 is 1.00 bits per heavy atom. The quantitative estimate of drug-likeness (QED) is 0.433. The van der Waals surface area contributed by atoms with Crippen molar-refractivity contribution in [3.8, 4) is 0 Å². The fourth-order valence-corrected chi connectivity index (χ4v) is 4.66. The van der Waals surface area contributed by atoms with E-state index in [1.807, 2.05) is 18.7 Å². The number of anilines is 1. The highest BCUT2D eigenvalue weighted by molar-refractivity contribution is 6.30. The number of carbonyl (C=O) groups is 2. The Kier molecular flexibility index (Phi) is 9.06. The zero-order chi connectivity index (χ0) is 26.6. The Labute approximate surface area is 215 Å².